The zero-order valence-corrected chi connectivity index (χ0v) is 14.8. The van der Waals surface area contributed by atoms with E-state index in [1.54, 1.807) is 0 Å². The van der Waals surface area contributed by atoms with Crippen LogP contribution in [0.1, 0.15) is 32.1 Å². The minimum Gasteiger partial charge on any atom is -0.485 e. The molecule has 6 heteroatoms. The summed E-state index contributed by atoms with van der Waals surface area (Å²) in [4.78, 5) is 21.0. The van der Waals surface area contributed by atoms with Gasteiger partial charge in [-0.3, -0.25) is 9.69 Å². The van der Waals surface area contributed by atoms with E-state index in [4.69, 9.17) is 4.74 Å². The molecule has 2 atom stereocenters. The highest BCUT2D eigenvalue weighted by Gasteiger charge is 2.29. The first-order valence-corrected chi connectivity index (χ1v) is 9.66. The van der Waals surface area contributed by atoms with Crippen LogP contribution in [0.2, 0.25) is 0 Å². The van der Waals surface area contributed by atoms with Crippen molar-refractivity contribution in [3.05, 3.63) is 18.3 Å². The second-order valence-electron chi connectivity index (χ2n) is 7.41. The average molecular weight is 344 g/mol. The van der Waals surface area contributed by atoms with Crippen LogP contribution >= 0.6 is 0 Å². The molecule has 0 bridgehead atoms. The molecule has 0 saturated carbocycles. The first-order chi connectivity index (χ1) is 12.3. The highest BCUT2D eigenvalue weighted by Crippen LogP contribution is 2.30. The quantitative estimate of drug-likeness (QED) is 0.851. The normalized spacial score (nSPS) is 27.0. The van der Waals surface area contributed by atoms with Crippen LogP contribution in [-0.2, 0) is 4.79 Å². The first kappa shape index (κ1) is 16.6. The van der Waals surface area contributed by atoms with Gasteiger partial charge in [0, 0.05) is 44.8 Å². The van der Waals surface area contributed by atoms with Gasteiger partial charge in [0.25, 0.3) is 0 Å². The number of nitrogens with zero attached hydrogens (tertiary/aromatic N) is 3. The van der Waals surface area contributed by atoms with E-state index in [1.807, 2.05) is 18.3 Å². The van der Waals surface area contributed by atoms with Crippen molar-refractivity contribution in [2.45, 2.75) is 38.2 Å². The number of nitrogens with one attached hydrogen (secondary N) is 1. The highest BCUT2D eigenvalue weighted by molar-refractivity contribution is 5.80. The number of anilines is 1. The molecule has 1 N–H and O–H groups in total. The second kappa shape index (κ2) is 7.60. The number of hydrogen-bond donors (Lipinski definition) is 1. The third-order valence-corrected chi connectivity index (χ3v) is 5.64. The van der Waals surface area contributed by atoms with Crippen molar-refractivity contribution in [2.24, 2.45) is 5.92 Å². The number of aromatic nitrogens is 1. The lowest BCUT2D eigenvalue weighted by molar-refractivity contribution is -0.122. The third-order valence-electron chi connectivity index (χ3n) is 5.64. The topological polar surface area (TPSA) is 57.7 Å². The fourth-order valence-electron chi connectivity index (χ4n) is 4.18. The molecule has 3 fully saturated rings. The van der Waals surface area contributed by atoms with E-state index in [0.29, 0.717) is 0 Å². The van der Waals surface area contributed by atoms with Crippen LogP contribution in [-0.4, -0.2) is 61.2 Å². The van der Waals surface area contributed by atoms with Crippen LogP contribution in [0.25, 0.3) is 0 Å². The third kappa shape index (κ3) is 3.89. The first-order valence-electron chi connectivity index (χ1n) is 9.66. The van der Waals surface area contributed by atoms with Crippen molar-refractivity contribution in [3.8, 4) is 5.75 Å². The lowest BCUT2D eigenvalue weighted by atomic mass is 10.0. The second-order valence-corrected chi connectivity index (χ2v) is 7.41. The maximum absolute atomic E-state index is 11.7. The van der Waals surface area contributed by atoms with E-state index in [1.165, 1.54) is 12.8 Å². The van der Waals surface area contributed by atoms with Crippen LogP contribution < -0.4 is 15.0 Å². The predicted molar refractivity (Wildman–Crippen MR) is 96.9 cm³/mol. The summed E-state index contributed by atoms with van der Waals surface area (Å²) in [5.41, 5.74) is 0. The van der Waals surface area contributed by atoms with Gasteiger partial charge in [-0.2, -0.15) is 0 Å². The minimum atomic E-state index is 0.208. The fraction of sp³-hybridized carbons (Fsp3) is 0.684. The van der Waals surface area contributed by atoms with Crippen molar-refractivity contribution >= 4 is 11.7 Å². The Morgan fingerprint density at radius 1 is 1.24 bits per heavy atom. The summed E-state index contributed by atoms with van der Waals surface area (Å²) < 4.78 is 6.32. The fourth-order valence-corrected chi connectivity index (χ4v) is 4.18. The molecule has 3 aliphatic rings. The maximum Gasteiger partial charge on any atom is 0.223 e. The summed E-state index contributed by atoms with van der Waals surface area (Å²) in [6, 6.07) is 4.01. The van der Waals surface area contributed by atoms with Gasteiger partial charge in [0.15, 0.2) is 11.6 Å². The van der Waals surface area contributed by atoms with Gasteiger partial charge in [-0.05, 0) is 50.8 Å². The summed E-state index contributed by atoms with van der Waals surface area (Å²) in [7, 11) is 0. The number of likely N-dealkylation sites (tertiary alicyclic amines) is 1. The maximum atomic E-state index is 11.7. The van der Waals surface area contributed by atoms with Gasteiger partial charge in [0.2, 0.25) is 5.91 Å². The molecule has 1 aromatic heterocycles. The summed E-state index contributed by atoms with van der Waals surface area (Å²) in [5.74, 6) is 2.37. The van der Waals surface area contributed by atoms with Crippen molar-refractivity contribution < 1.29 is 9.53 Å². The van der Waals surface area contributed by atoms with Crippen LogP contribution in [0, 0.1) is 5.92 Å². The molecule has 0 aromatic carbocycles. The molecule has 1 amide bonds. The number of carbonyl (C=O) groups excluding carboxylic acids is 1. The summed E-state index contributed by atoms with van der Waals surface area (Å²) >= 11 is 0. The molecule has 0 radical (unpaired) electrons. The highest BCUT2D eigenvalue weighted by atomic mass is 16.5. The number of carbonyl (C=O) groups is 1. The average Bonchev–Trinajstić information content (AvgIpc) is 3.36. The molecule has 25 heavy (non-hydrogen) atoms. The Bertz CT molecular complexity index is 603. The van der Waals surface area contributed by atoms with Crippen LogP contribution in [0.3, 0.4) is 0 Å². The number of rotatable bonds is 6. The van der Waals surface area contributed by atoms with E-state index >= 15 is 0 Å². The molecule has 0 unspecified atom stereocenters. The molecule has 6 nitrogen and oxygen atoms in total. The zero-order chi connectivity index (χ0) is 17.1. The largest absolute Gasteiger partial charge is 0.485 e. The molecule has 0 spiro atoms. The van der Waals surface area contributed by atoms with Gasteiger partial charge in [0.1, 0.15) is 6.10 Å². The molecular weight excluding hydrogens is 316 g/mol. The Morgan fingerprint density at radius 2 is 2.12 bits per heavy atom. The Labute approximate surface area is 149 Å². The van der Waals surface area contributed by atoms with E-state index in [-0.39, 0.29) is 17.9 Å². The lowest BCUT2D eigenvalue weighted by Gasteiger charge is -2.22. The van der Waals surface area contributed by atoms with E-state index in [0.717, 1.165) is 70.1 Å². The van der Waals surface area contributed by atoms with Gasteiger partial charge in [-0.15, -0.1) is 0 Å². The van der Waals surface area contributed by atoms with Gasteiger partial charge in [0.05, 0.1) is 0 Å². The van der Waals surface area contributed by atoms with Crippen molar-refractivity contribution in [1.82, 2.24) is 15.2 Å². The van der Waals surface area contributed by atoms with Crippen LogP contribution in [0.15, 0.2) is 18.3 Å². The Hall–Kier alpha value is -1.82. The van der Waals surface area contributed by atoms with Crippen molar-refractivity contribution in [2.75, 3.05) is 44.2 Å². The number of ether oxygens (including phenoxy) is 1. The molecule has 136 valence electrons. The van der Waals surface area contributed by atoms with E-state index in [9.17, 15) is 4.79 Å². The Balaban J connectivity index is 1.30. The van der Waals surface area contributed by atoms with E-state index in [2.05, 4.69) is 20.1 Å². The summed E-state index contributed by atoms with van der Waals surface area (Å²) in [6.07, 6.45) is 7.55. The molecular formula is C19H28N4O2. The van der Waals surface area contributed by atoms with Gasteiger partial charge < -0.3 is 15.0 Å². The van der Waals surface area contributed by atoms with Crippen LogP contribution in [0.4, 0.5) is 5.82 Å². The zero-order valence-electron chi connectivity index (χ0n) is 14.8. The summed E-state index contributed by atoms with van der Waals surface area (Å²) in [5, 5.41) is 2.93. The lowest BCUT2D eigenvalue weighted by Crippen LogP contribution is -2.29. The van der Waals surface area contributed by atoms with E-state index < -0.39 is 0 Å². The van der Waals surface area contributed by atoms with Crippen molar-refractivity contribution in [3.63, 3.8) is 0 Å². The molecule has 4 rings (SSSR count). The van der Waals surface area contributed by atoms with Gasteiger partial charge in [-0.1, -0.05) is 0 Å². The van der Waals surface area contributed by atoms with Crippen molar-refractivity contribution in [1.29, 1.82) is 0 Å². The number of pyridine rings is 1. The van der Waals surface area contributed by atoms with Gasteiger partial charge in [-0.25, -0.2) is 4.98 Å². The van der Waals surface area contributed by atoms with Gasteiger partial charge >= 0.3 is 0 Å². The molecule has 4 heterocycles. The smallest absolute Gasteiger partial charge is 0.223 e. The Morgan fingerprint density at radius 3 is 2.92 bits per heavy atom. The Kier molecular flexibility index (Phi) is 5.06. The predicted octanol–water partition coefficient (Wildman–Crippen LogP) is 1.66. The van der Waals surface area contributed by atoms with Crippen LogP contribution in [0.5, 0.6) is 5.75 Å². The molecule has 3 saturated heterocycles. The SMILES string of the molecule is O=C1NCC[C@H]1CCN1CC[C@H](Oc2cccnc2N2CCCC2)C1. The number of amides is 1. The summed E-state index contributed by atoms with van der Waals surface area (Å²) in [6.45, 7) is 5.99. The molecule has 0 aliphatic carbocycles. The molecule has 3 aliphatic heterocycles. The standard InChI is InChI=1S/C19H28N4O2/c24-19-15(5-9-21-19)6-12-22-13-7-16(14-22)25-17-4-3-8-20-18(17)23-10-1-2-11-23/h3-4,8,15-16H,1-2,5-7,9-14H2,(H,21,24)/t15-,16-/m0/s1. The minimum absolute atomic E-state index is 0.208. The number of hydrogen-bond acceptors (Lipinski definition) is 5. The monoisotopic (exact) mass is 344 g/mol. The molecule has 1 aromatic rings.